The van der Waals surface area contributed by atoms with Crippen molar-refractivity contribution in [2.75, 3.05) is 13.2 Å². The molecule has 0 radical (unpaired) electrons. The molecular weight excluding hydrogens is 250 g/mol. The van der Waals surface area contributed by atoms with Crippen molar-refractivity contribution in [2.45, 2.75) is 6.92 Å². The molecule has 0 aromatic carbocycles. The molecule has 2 unspecified atom stereocenters. The van der Waals surface area contributed by atoms with Crippen LogP contribution in [-0.2, 0) is 18.0 Å². The lowest BCUT2D eigenvalue weighted by Crippen LogP contribution is -1.95. The van der Waals surface area contributed by atoms with Gasteiger partial charge in [0.25, 0.3) is 0 Å². The molecule has 0 saturated carbocycles. The van der Waals surface area contributed by atoms with Crippen LogP contribution < -0.4 is 0 Å². The van der Waals surface area contributed by atoms with Crippen LogP contribution in [0.25, 0.3) is 0 Å². The van der Waals surface area contributed by atoms with E-state index in [1.54, 1.807) is 0 Å². The summed E-state index contributed by atoms with van der Waals surface area (Å²) in [4.78, 5) is 25.3. The van der Waals surface area contributed by atoms with Crippen molar-refractivity contribution in [1.29, 1.82) is 0 Å². The van der Waals surface area contributed by atoms with Gasteiger partial charge in [0.05, 0.1) is 14.6 Å². The minimum atomic E-state index is -5.12. The van der Waals surface area contributed by atoms with Crippen molar-refractivity contribution in [3.05, 3.63) is 11.6 Å². The molecule has 90 valence electrons. The zero-order valence-corrected chi connectivity index (χ0v) is 9.47. The molecule has 8 nitrogen and oxygen atoms in total. The van der Waals surface area contributed by atoms with E-state index in [1.807, 2.05) is 0 Å². The second-order valence-electron chi connectivity index (χ2n) is 2.41. The van der Waals surface area contributed by atoms with Gasteiger partial charge in [0.2, 0.25) is 0 Å². The highest BCUT2D eigenvalue weighted by Crippen LogP contribution is 2.57. The van der Waals surface area contributed by atoms with Crippen LogP contribution in [-0.4, -0.2) is 33.0 Å². The second-order valence-corrected chi connectivity index (χ2v) is 5.24. The van der Waals surface area contributed by atoms with Gasteiger partial charge in [-0.15, -0.1) is 0 Å². The molecule has 0 saturated heterocycles. The number of hydrogen-bond donors (Lipinski definition) is 4. The van der Waals surface area contributed by atoms with Crippen LogP contribution in [0.5, 0.6) is 0 Å². The lowest BCUT2D eigenvalue weighted by molar-refractivity contribution is 0.190. The molecule has 4 N–H and O–H groups in total. The van der Waals surface area contributed by atoms with E-state index in [0.29, 0.717) is 0 Å². The van der Waals surface area contributed by atoms with Gasteiger partial charge in [-0.25, -0.2) is 9.13 Å². The van der Waals surface area contributed by atoms with Gasteiger partial charge in [-0.2, -0.15) is 4.31 Å². The third-order valence-electron chi connectivity index (χ3n) is 1.06. The molecule has 0 rings (SSSR count). The average molecular weight is 263 g/mol. The van der Waals surface area contributed by atoms with Gasteiger partial charge in [0, 0.05) is 0 Å². The van der Waals surface area contributed by atoms with Gasteiger partial charge in [0.1, 0.15) is 0 Å². The minimum absolute atomic E-state index is 0.149. The smallest absolute Gasteiger partial charge is 0.392 e. The fraction of sp³-hybridized carbons (Fsp3) is 0.600. The Labute approximate surface area is 87.4 Å². The summed E-state index contributed by atoms with van der Waals surface area (Å²) in [7, 11) is -9.97. The van der Waals surface area contributed by atoms with Crippen molar-refractivity contribution < 1.29 is 39.1 Å². The van der Waals surface area contributed by atoms with Crippen molar-refractivity contribution in [3.8, 4) is 0 Å². The molecule has 0 heterocycles. The lowest BCUT2D eigenvalue weighted by Gasteiger charge is -2.11. The van der Waals surface area contributed by atoms with Crippen molar-refractivity contribution in [3.63, 3.8) is 0 Å². The summed E-state index contributed by atoms with van der Waals surface area (Å²) in [6.45, 7) is -0.660. The fourth-order valence-electron chi connectivity index (χ4n) is 0.474. The highest BCUT2D eigenvalue weighted by atomic mass is 31.3. The number of aliphatic hydroxyl groups excluding tert-OH is 1. The fourth-order valence-corrected chi connectivity index (χ4v) is 2.00. The Bertz CT molecular complexity index is 346. The standard InChI is InChI=1S/C5H12O8P2/c1-5(4-6)2-3-12-15(10,11)13-14(7,8)9/h2,6H,3-4H2,1H3,(H,10,11)(H2,7,8,9)/b5-2+/i4D. The van der Waals surface area contributed by atoms with Crippen LogP contribution in [0, 0.1) is 0 Å². The molecule has 0 aliphatic heterocycles. The van der Waals surface area contributed by atoms with Gasteiger partial charge in [-0.1, -0.05) is 6.08 Å². The molecule has 0 aromatic heterocycles. The van der Waals surface area contributed by atoms with Crippen LogP contribution in [0.3, 0.4) is 0 Å². The Morgan fingerprint density at radius 1 is 1.47 bits per heavy atom. The first-order valence-corrected chi connectivity index (χ1v) is 6.57. The first-order chi connectivity index (χ1) is 7.03. The van der Waals surface area contributed by atoms with Gasteiger partial charge in [0.15, 0.2) is 0 Å². The van der Waals surface area contributed by atoms with Crippen LogP contribution in [0.1, 0.15) is 8.29 Å². The predicted octanol–water partition coefficient (Wildman–Crippen LogP) is 0.151. The lowest BCUT2D eigenvalue weighted by atomic mass is 10.3. The number of rotatable bonds is 6. The Morgan fingerprint density at radius 3 is 2.40 bits per heavy atom. The largest absolute Gasteiger partial charge is 0.481 e. The SMILES string of the molecule is [2H]C(O)/C(C)=C/COP(=O)(O)OP(=O)(O)O. The minimum Gasteiger partial charge on any atom is -0.392 e. The van der Waals surface area contributed by atoms with Crippen molar-refractivity contribution in [2.24, 2.45) is 0 Å². The molecule has 10 heteroatoms. The Morgan fingerprint density at radius 2 is 2.00 bits per heavy atom. The van der Waals surface area contributed by atoms with Gasteiger partial charge < -0.3 is 19.8 Å². The van der Waals surface area contributed by atoms with Gasteiger partial charge in [-0.3, -0.25) is 4.52 Å². The summed E-state index contributed by atoms with van der Waals surface area (Å²) in [5, 5.41) is 8.69. The summed E-state index contributed by atoms with van der Waals surface area (Å²) in [5.74, 6) is 0. The Balaban J connectivity index is 4.26. The maximum absolute atomic E-state index is 10.9. The molecule has 0 aliphatic rings. The van der Waals surface area contributed by atoms with Crippen molar-refractivity contribution >= 4 is 15.6 Å². The third kappa shape index (κ3) is 8.92. The van der Waals surface area contributed by atoms with Gasteiger partial charge in [-0.05, 0) is 12.5 Å². The molecule has 15 heavy (non-hydrogen) atoms. The van der Waals surface area contributed by atoms with E-state index < -0.39 is 28.8 Å². The summed E-state index contributed by atoms with van der Waals surface area (Å²) in [6.07, 6.45) is 1.10. The predicted molar refractivity (Wildman–Crippen MR) is 49.7 cm³/mol. The maximum atomic E-state index is 10.9. The van der Waals surface area contributed by atoms with E-state index in [-0.39, 0.29) is 5.57 Å². The van der Waals surface area contributed by atoms with E-state index >= 15 is 0 Å². The normalized spacial score (nSPS) is 20.6. The number of phosphoric acid groups is 2. The van der Waals surface area contributed by atoms with Crippen LogP contribution in [0.15, 0.2) is 11.6 Å². The molecule has 0 amide bonds. The monoisotopic (exact) mass is 263 g/mol. The third-order valence-corrected chi connectivity index (χ3v) is 3.21. The number of phosphoric ester groups is 1. The highest BCUT2D eigenvalue weighted by Gasteiger charge is 2.31. The van der Waals surface area contributed by atoms with E-state index in [9.17, 15) is 9.13 Å². The highest BCUT2D eigenvalue weighted by molar-refractivity contribution is 7.60. The Kier molecular flexibility index (Phi) is 5.11. The van der Waals surface area contributed by atoms with Crippen LogP contribution >= 0.6 is 15.6 Å². The van der Waals surface area contributed by atoms with E-state index in [0.717, 1.165) is 6.08 Å². The van der Waals surface area contributed by atoms with Crippen LogP contribution in [0.4, 0.5) is 0 Å². The van der Waals surface area contributed by atoms with E-state index in [1.165, 1.54) is 6.92 Å². The number of aliphatic hydroxyl groups is 1. The average Bonchev–Trinajstić information content (AvgIpc) is 1.98. The molecule has 0 fully saturated rings. The molecule has 0 bridgehead atoms. The molecule has 0 aliphatic carbocycles. The van der Waals surface area contributed by atoms with Crippen molar-refractivity contribution in [1.82, 2.24) is 0 Å². The van der Waals surface area contributed by atoms with Crippen LogP contribution in [0.2, 0.25) is 0 Å². The summed E-state index contributed by atoms with van der Waals surface area (Å²) < 4.78 is 35.5. The van der Waals surface area contributed by atoms with E-state index in [2.05, 4.69) is 8.83 Å². The summed E-state index contributed by atoms with van der Waals surface area (Å²) in [6, 6.07) is 0. The van der Waals surface area contributed by atoms with Gasteiger partial charge >= 0.3 is 15.6 Å². The topological polar surface area (TPSA) is 134 Å². The first kappa shape index (κ1) is 13.0. The molecule has 2 atom stereocenters. The zero-order valence-electron chi connectivity index (χ0n) is 8.68. The molecule has 0 spiro atoms. The number of hydrogen-bond acceptors (Lipinski definition) is 5. The summed E-state index contributed by atoms with van der Waals surface area (Å²) in [5.41, 5.74) is 0.149. The summed E-state index contributed by atoms with van der Waals surface area (Å²) >= 11 is 0. The first-order valence-electron chi connectivity index (χ1n) is 4.12. The van der Waals surface area contributed by atoms with E-state index in [4.69, 9.17) is 21.2 Å². The quantitative estimate of drug-likeness (QED) is 0.393. The molecular formula is C5H12O8P2. The Hall–Kier alpha value is -0.0400. The maximum Gasteiger partial charge on any atom is 0.481 e. The molecule has 0 aromatic rings. The second kappa shape index (κ2) is 5.89. The zero-order chi connectivity index (χ0) is 13.0.